The van der Waals surface area contributed by atoms with E-state index in [1.165, 1.54) is 0 Å². The molecule has 17 heavy (non-hydrogen) atoms. The van der Waals surface area contributed by atoms with Crippen LogP contribution in [0.15, 0.2) is 24.3 Å². The van der Waals surface area contributed by atoms with Gasteiger partial charge in [0.25, 0.3) is 0 Å². The average molecular weight is 260 g/mol. The van der Waals surface area contributed by atoms with Gasteiger partial charge in [0.1, 0.15) is 11.8 Å². The van der Waals surface area contributed by atoms with Gasteiger partial charge in [-0.25, -0.2) is 0 Å². The molecule has 3 N–H and O–H groups in total. The van der Waals surface area contributed by atoms with E-state index < -0.39 is 12.0 Å². The van der Waals surface area contributed by atoms with Gasteiger partial charge in [0.2, 0.25) is 0 Å². The normalized spacial score (nSPS) is 11.8. The van der Waals surface area contributed by atoms with Gasteiger partial charge >= 0.3 is 5.97 Å². The molecule has 0 radical (unpaired) electrons. The Balaban J connectivity index is 0.00000256. The average Bonchev–Trinajstić information content (AvgIpc) is 2.20. The number of carbonyl (C=O) groups is 1. The van der Waals surface area contributed by atoms with Crippen molar-refractivity contribution in [2.24, 2.45) is 5.73 Å². The highest BCUT2D eigenvalue weighted by Crippen LogP contribution is 2.14. The molecule has 1 atom stereocenters. The van der Waals surface area contributed by atoms with E-state index in [-0.39, 0.29) is 18.5 Å². The standard InChI is InChI=1S/C12H17NO3.ClH/c1-8(2)16-10-5-3-9(4-6-10)7-11(13)12(14)15;/h3-6,8,11H,7,13H2,1-2H3,(H,14,15);1H. The zero-order valence-electron chi connectivity index (χ0n) is 9.92. The molecule has 0 saturated carbocycles. The van der Waals surface area contributed by atoms with Gasteiger partial charge in [0.05, 0.1) is 6.10 Å². The third kappa shape index (κ3) is 5.56. The quantitative estimate of drug-likeness (QED) is 0.847. The second-order valence-corrected chi connectivity index (χ2v) is 3.96. The van der Waals surface area contributed by atoms with E-state index in [1.807, 2.05) is 38.1 Å². The number of hydrogen-bond donors (Lipinski definition) is 2. The van der Waals surface area contributed by atoms with Crippen LogP contribution in [0.4, 0.5) is 0 Å². The molecule has 0 saturated heterocycles. The predicted octanol–water partition coefficient (Wildman–Crippen LogP) is 1.85. The lowest BCUT2D eigenvalue weighted by atomic mass is 10.1. The van der Waals surface area contributed by atoms with Crippen molar-refractivity contribution < 1.29 is 14.6 Å². The maximum absolute atomic E-state index is 10.6. The third-order valence-electron chi connectivity index (χ3n) is 2.07. The Bertz CT molecular complexity index is 351. The SMILES string of the molecule is CC(C)Oc1ccc(CC(N)C(=O)O)cc1.Cl. The van der Waals surface area contributed by atoms with Gasteiger partial charge in [-0.2, -0.15) is 0 Å². The van der Waals surface area contributed by atoms with Crippen molar-refractivity contribution >= 4 is 18.4 Å². The molecule has 0 aliphatic heterocycles. The number of hydrogen-bond acceptors (Lipinski definition) is 3. The molecular formula is C12H18ClNO3. The second-order valence-electron chi connectivity index (χ2n) is 3.96. The maximum atomic E-state index is 10.6. The zero-order valence-corrected chi connectivity index (χ0v) is 10.7. The molecule has 1 unspecified atom stereocenters. The topological polar surface area (TPSA) is 72.5 Å². The number of halogens is 1. The van der Waals surface area contributed by atoms with Crippen LogP contribution in [-0.4, -0.2) is 23.2 Å². The summed E-state index contributed by atoms with van der Waals surface area (Å²) in [6.45, 7) is 3.91. The van der Waals surface area contributed by atoms with Gasteiger partial charge < -0.3 is 15.6 Å². The van der Waals surface area contributed by atoms with Gasteiger partial charge in [0.15, 0.2) is 0 Å². The molecule has 0 fully saturated rings. The summed E-state index contributed by atoms with van der Waals surface area (Å²) < 4.78 is 5.47. The first kappa shape index (κ1) is 15.7. The lowest BCUT2D eigenvalue weighted by Crippen LogP contribution is -2.32. The molecule has 4 nitrogen and oxygen atoms in total. The van der Waals surface area contributed by atoms with Crippen LogP contribution in [0, 0.1) is 0 Å². The third-order valence-corrected chi connectivity index (χ3v) is 2.07. The van der Waals surface area contributed by atoms with E-state index in [0.29, 0.717) is 6.42 Å². The van der Waals surface area contributed by atoms with Gasteiger partial charge in [0, 0.05) is 0 Å². The summed E-state index contributed by atoms with van der Waals surface area (Å²) in [5, 5.41) is 8.67. The van der Waals surface area contributed by atoms with E-state index in [4.69, 9.17) is 15.6 Å². The van der Waals surface area contributed by atoms with Crippen LogP contribution in [0.2, 0.25) is 0 Å². The number of carboxylic acid groups (broad SMARTS) is 1. The highest BCUT2D eigenvalue weighted by molar-refractivity contribution is 5.85. The van der Waals surface area contributed by atoms with Gasteiger partial charge in [-0.1, -0.05) is 12.1 Å². The van der Waals surface area contributed by atoms with Crippen molar-refractivity contribution in [3.05, 3.63) is 29.8 Å². The minimum atomic E-state index is -0.984. The fourth-order valence-corrected chi connectivity index (χ4v) is 1.32. The molecule has 5 heteroatoms. The minimum Gasteiger partial charge on any atom is -0.491 e. The van der Waals surface area contributed by atoms with Crippen LogP contribution in [0.1, 0.15) is 19.4 Å². The van der Waals surface area contributed by atoms with Crippen LogP contribution in [-0.2, 0) is 11.2 Å². The lowest BCUT2D eigenvalue weighted by molar-refractivity contribution is -0.138. The summed E-state index contributed by atoms with van der Waals surface area (Å²) in [6.07, 6.45) is 0.462. The number of benzene rings is 1. The molecular weight excluding hydrogens is 242 g/mol. The summed E-state index contributed by atoms with van der Waals surface area (Å²) >= 11 is 0. The van der Waals surface area contributed by atoms with Crippen molar-refractivity contribution in [1.29, 1.82) is 0 Å². The molecule has 96 valence electrons. The van der Waals surface area contributed by atoms with E-state index in [1.54, 1.807) is 0 Å². The minimum absolute atomic E-state index is 0. The molecule has 0 aliphatic rings. The summed E-state index contributed by atoms with van der Waals surface area (Å²) in [4.78, 5) is 10.6. The van der Waals surface area contributed by atoms with Crippen molar-refractivity contribution in [1.82, 2.24) is 0 Å². The van der Waals surface area contributed by atoms with Crippen LogP contribution in [0.5, 0.6) is 5.75 Å². The van der Waals surface area contributed by atoms with Crippen LogP contribution < -0.4 is 10.5 Å². The van der Waals surface area contributed by atoms with E-state index in [9.17, 15) is 4.79 Å². The van der Waals surface area contributed by atoms with E-state index in [0.717, 1.165) is 11.3 Å². The summed E-state index contributed by atoms with van der Waals surface area (Å²) in [5.41, 5.74) is 6.33. The van der Waals surface area contributed by atoms with Gasteiger partial charge in [-0.3, -0.25) is 4.79 Å². The first-order valence-corrected chi connectivity index (χ1v) is 5.23. The highest BCUT2D eigenvalue weighted by Gasteiger charge is 2.11. The number of ether oxygens (including phenoxy) is 1. The van der Waals surface area contributed by atoms with Gasteiger partial charge in [-0.15, -0.1) is 12.4 Å². The zero-order chi connectivity index (χ0) is 12.1. The van der Waals surface area contributed by atoms with Crippen molar-refractivity contribution in [2.75, 3.05) is 0 Å². The summed E-state index contributed by atoms with van der Waals surface area (Å²) in [5.74, 6) is -0.204. The largest absolute Gasteiger partial charge is 0.491 e. The van der Waals surface area contributed by atoms with Crippen molar-refractivity contribution in [3.8, 4) is 5.75 Å². The fraction of sp³-hybridized carbons (Fsp3) is 0.417. The lowest BCUT2D eigenvalue weighted by Gasteiger charge is -2.11. The second kappa shape index (κ2) is 7.14. The molecule has 0 aliphatic carbocycles. The first-order valence-electron chi connectivity index (χ1n) is 5.23. The van der Waals surface area contributed by atoms with Crippen LogP contribution in [0.25, 0.3) is 0 Å². The smallest absolute Gasteiger partial charge is 0.320 e. The maximum Gasteiger partial charge on any atom is 0.320 e. The Morgan fingerprint density at radius 1 is 1.35 bits per heavy atom. The summed E-state index contributed by atoms with van der Waals surface area (Å²) in [6, 6.07) is 6.46. The Morgan fingerprint density at radius 2 is 1.88 bits per heavy atom. The van der Waals surface area contributed by atoms with Crippen LogP contribution in [0.3, 0.4) is 0 Å². The molecule has 0 amide bonds. The number of nitrogens with two attached hydrogens (primary N) is 1. The fourth-order valence-electron chi connectivity index (χ4n) is 1.32. The Labute approximate surface area is 107 Å². The van der Waals surface area contributed by atoms with Crippen molar-refractivity contribution in [2.45, 2.75) is 32.4 Å². The van der Waals surface area contributed by atoms with Crippen LogP contribution >= 0.6 is 12.4 Å². The predicted molar refractivity (Wildman–Crippen MR) is 68.8 cm³/mol. The molecule has 0 heterocycles. The number of aliphatic carboxylic acids is 1. The van der Waals surface area contributed by atoms with Gasteiger partial charge in [-0.05, 0) is 38.0 Å². The molecule has 1 aromatic carbocycles. The Hall–Kier alpha value is -1.26. The Morgan fingerprint density at radius 3 is 2.29 bits per heavy atom. The van der Waals surface area contributed by atoms with E-state index >= 15 is 0 Å². The Kier molecular flexibility index (Phi) is 6.61. The molecule has 0 aromatic heterocycles. The highest BCUT2D eigenvalue weighted by atomic mass is 35.5. The van der Waals surface area contributed by atoms with E-state index in [2.05, 4.69) is 0 Å². The number of carboxylic acids is 1. The molecule has 1 rings (SSSR count). The summed E-state index contributed by atoms with van der Waals surface area (Å²) in [7, 11) is 0. The molecule has 0 spiro atoms. The molecule has 0 bridgehead atoms. The van der Waals surface area contributed by atoms with Crippen molar-refractivity contribution in [3.63, 3.8) is 0 Å². The monoisotopic (exact) mass is 259 g/mol. The number of rotatable bonds is 5. The molecule has 1 aromatic rings. The first-order chi connectivity index (χ1) is 7.49.